The number of carbonyl (C=O) groups is 1. The molecule has 0 aliphatic heterocycles. The van der Waals surface area contributed by atoms with E-state index in [4.69, 9.17) is 5.73 Å². The van der Waals surface area contributed by atoms with E-state index in [1.54, 1.807) is 6.92 Å². The van der Waals surface area contributed by atoms with Crippen LogP contribution in [0.1, 0.15) is 19.8 Å². The standard InChI is InChI=1S/C7H11F2NO.CH5N.Rb/c1-4-2-7(8,9)3-5(4)6(10)11;1-2;/h4-5H,2-3H2,1H3,(H2,10,11);2H2,1H3;/q;;+1/p-1. The van der Waals surface area contributed by atoms with E-state index in [1.807, 2.05) is 0 Å². The minimum Gasteiger partial charge on any atom is -0.668 e. The van der Waals surface area contributed by atoms with Crippen molar-refractivity contribution >= 4 is 5.91 Å². The van der Waals surface area contributed by atoms with Crippen LogP contribution in [0, 0.1) is 11.8 Å². The first kappa shape index (κ1) is 17.5. The van der Waals surface area contributed by atoms with Crippen molar-refractivity contribution in [1.82, 2.24) is 0 Å². The van der Waals surface area contributed by atoms with Crippen LogP contribution in [0.3, 0.4) is 0 Å². The zero-order chi connectivity index (χ0) is 10.6. The monoisotopic (exact) mass is 278 g/mol. The Labute approximate surface area is 132 Å². The number of halogens is 2. The first-order valence-corrected chi connectivity index (χ1v) is 4.13. The Hall–Kier alpha value is 1.10. The quantitative estimate of drug-likeness (QED) is 0.656. The molecule has 1 aliphatic rings. The minimum atomic E-state index is -2.72. The Bertz CT molecular complexity index is 190. The molecule has 0 heterocycles. The van der Waals surface area contributed by atoms with E-state index in [0.717, 1.165) is 0 Å². The molecule has 0 saturated heterocycles. The van der Waals surface area contributed by atoms with Gasteiger partial charge < -0.3 is 16.3 Å². The van der Waals surface area contributed by atoms with Crippen molar-refractivity contribution in [2.24, 2.45) is 17.6 Å². The molecule has 0 aromatic heterocycles. The van der Waals surface area contributed by atoms with Crippen LogP contribution in [0.5, 0.6) is 0 Å². The van der Waals surface area contributed by atoms with Crippen LogP contribution in [-0.4, -0.2) is 18.9 Å². The molecular formula is C8H15F2N2ORb. The van der Waals surface area contributed by atoms with Gasteiger partial charge in [-0.2, -0.15) is 0 Å². The average Bonchev–Trinajstić information content (AvgIpc) is 2.29. The van der Waals surface area contributed by atoms with Gasteiger partial charge in [0, 0.05) is 18.8 Å². The first-order valence-electron chi connectivity index (χ1n) is 4.13. The Morgan fingerprint density at radius 1 is 1.43 bits per heavy atom. The molecule has 2 unspecified atom stereocenters. The van der Waals surface area contributed by atoms with Crippen molar-refractivity contribution in [3.63, 3.8) is 0 Å². The fourth-order valence-electron chi connectivity index (χ4n) is 1.57. The second kappa shape index (κ2) is 7.38. The number of hydrogen-bond donors (Lipinski definition) is 1. The molecule has 0 aromatic carbocycles. The van der Waals surface area contributed by atoms with Crippen molar-refractivity contribution in [3.8, 4) is 0 Å². The molecule has 0 aromatic rings. The van der Waals surface area contributed by atoms with Crippen LogP contribution in [0.15, 0.2) is 0 Å². The fraction of sp³-hybridized carbons (Fsp3) is 0.875. The molecule has 1 amide bonds. The minimum absolute atomic E-state index is 0. The third kappa shape index (κ3) is 5.25. The average molecular weight is 279 g/mol. The molecule has 2 atom stereocenters. The van der Waals surface area contributed by atoms with Gasteiger partial charge in [0.2, 0.25) is 5.92 Å². The molecule has 0 spiro atoms. The van der Waals surface area contributed by atoms with Gasteiger partial charge in [-0.3, -0.25) is 0 Å². The summed E-state index contributed by atoms with van der Waals surface area (Å²) in [4.78, 5) is 10.5. The second-order valence-electron chi connectivity index (χ2n) is 3.21. The summed E-state index contributed by atoms with van der Waals surface area (Å²) in [7, 11) is 1.50. The maximum Gasteiger partial charge on any atom is 1.00 e. The summed E-state index contributed by atoms with van der Waals surface area (Å²) >= 11 is 0. The topological polar surface area (TPSA) is 66.9 Å². The number of alkyl halides is 2. The van der Waals surface area contributed by atoms with Crippen LogP contribution >= 0.6 is 0 Å². The van der Waals surface area contributed by atoms with E-state index >= 15 is 0 Å². The number of amides is 1. The molecule has 78 valence electrons. The number of nitrogens with one attached hydrogen (secondary N) is 1. The first-order chi connectivity index (χ1) is 5.92. The van der Waals surface area contributed by atoms with E-state index in [0.29, 0.717) is 0 Å². The zero-order valence-electron chi connectivity index (χ0n) is 8.81. The molecule has 1 saturated carbocycles. The van der Waals surface area contributed by atoms with Gasteiger partial charge in [0.1, 0.15) is 0 Å². The molecule has 0 radical (unpaired) electrons. The van der Waals surface area contributed by atoms with Gasteiger partial charge >= 0.3 is 58.2 Å². The Morgan fingerprint density at radius 2 is 1.86 bits per heavy atom. The van der Waals surface area contributed by atoms with Crippen LogP contribution in [0.4, 0.5) is 8.78 Å². The van der Waals surface area contributed by atoms with Crippen molar-refractivity contribution in [1.29, 1.82) is 0 Å². The van der Waals surface area contributed by atoms with Crippen molar-refractivity contribution < 1.29 is 71.8 Å². The Kier molecular flexibility index (Phi) is 9.22. The van der Waals surface area contributed by atoms with Gasteiger partial charge in [0.05, 0.1) is 5.91 Å². The largest absolute Gasteiger partial charge is 1.00 e. The summed E-state index contributed by atoms with van der Waals surface area (Å²) in [5.41, 5.74) is 11.2. The maximum atomic E-state index is 12.6. The number of rotatable bonds is 1. The van der Waals surface area contributed by atoms with Crippen molar-refractivity contribution in [2.75, 3.05) is 7.05 Å². The van der Waals surface area contributed by atoms with E-state index in [2.05, 4.69) is 5.73 Å². The van der Waals surface area contributed by atoms with Gasteiger partial charge in [-0.25, -0.2) is 8.78 Å². The fourth-order valence-corrected chi connectivity index (χ4v) is 1.57. The summed E-state index contributed by atoms with van der Waals surface area (Å²) < 4.78 is 25.1. The summed E-state index contributed by atoms with van der Waals surface area (Å²) in [6.45, 7) is 1.60. The Morgan fingerprint density at radius 3 is 2.00 bits per heavy atom. The zero-order valence-corrected chi connectivity index (χ0v) is 13.7. The van der Waals surface area contributed by atoms with Crippen molar-refractivity contribution in [2.45, 2.75) is 25.7 Å². The maximum absolute atomic E-state index is 12.6. The van der Waals surface area contributed by atoms with Gasteiger partial charge in [-0.15, -0.1) is 0 Å². The smallest absolute Gasteiger partial charge is 0.668 e. The summed E-state index contributed by atoms with van der Waals surface area (Å²) in [6.07, 6.45) is -0.682. The third-order valence-corrected chi connectivity index (χ3v) is 2.16. The normalized spacial score (nSPS) is 28.4. The van der Waals surface area contributed by atoms with Gasteiger partial charge in [0.25, 0.3) is 0 Å². The van der Waals surface area contributed by atoms with Crippen LogP contribution < -0.4 is 63.9 Å². The summed E-state index contributed by atoms with van der Waals surface area (Å²) in [5.74, 6) is -4.66. The molecule has 14 heavy (non-hydrogen) atoms. The van der Waals surface area contributed by atoms with Crippen LogP contribution in [-0.2, 0) is 4.79 Å². The Balaban J connectivity index is 0. The van der Waals surface area contributed by atoms with Gasteiger partial charge in [0.15, 0.2) is 0 Å². The molecule has 1 aliphatic carbocycles. The molecule has 1 fully saturated rings. The van der Waals surface area contributed by atoms with Crippen LogP contribution in [0.2, 0.25) is 0 Å². The molecule has 0 bridgehead atoms. The molecule has 6 heteroatoms. The predicted molar refractivity (Wildman–Crippen MR) is 46.3 cm³/mol. The van der Waals surface area contributed by atoms with E-state index in [-0.39, 0.29) is 70.5 Å². The van der Waals surface area contributed by atoms with E-state index in [9.17, 15) is 13.6 Å². The van der Waals surface area contributed by atoms with Gasteiger partial charge in [-0.05, 0) is 13.0 Å². The molecule has 3 nitrogen and oxygen atoms in total. The summed E-state index contributed by atoms with van der Waals surface area (Å²) in [5, 5.41) is 0. The van der Waals surface area contributed by atoms with Gasteiger partial charge in [-0.1, -0.05) is 6.92 Å². The number of hydrogen-bond acceptors (Lipinski definition) is 2. The number of carbonyl (C=O) groups excluding carboxylic acids is 1. The molecular weight excluding hydrogens is 264 g/mol. The van der Waals surface area contributed by atoms with E-state index in [1.165, 1.54) is 7.05 Å². The van der Waals surface area contributed by atoms with Crippen LogP contribution in [0.25, 0.3) is 5.73 Å². The molecule has 1 rings (SSSR count). The predicted octanol–water partition coefficient (Wildman–Crippen LogP) is -1.17. The van der Waals surface area contributed by atoms with Crippen molar-refractivity contribution in [3.05, 3.63) is 5.73 Å². The third-order valence-electron chi connectivity index (χ3n) is 2.16. The summed E-state index contributed by atoms with van der Waals surface area (Å²) in [6, 6.07) is 0. The molecule has 3 N–H and O–H groups in total. The second-order valence-corrected chi connectivity index (χ2v) is 3.21. The number of nitrogens with two attached hydrogens (primary N) is 1. The SMILES string of the molecule is CC1CC(F)(F)CC1C([NH-])=O.CN.[Rb+]. The van der Waals surface area contributed by atoms with E-state index < -0.39 is 24.2 Å².